The largest absolute Gasteiger partial charge is 0.462 e. The summed E-state index contributed by atoms with van der Waals surface area (Å²) in [7, 11) is 0. The summed E-state index contributed by atoms with van der Waals surface area (Å²) in [6, 6.07) is 8.15. The lowest BCUT2D eigenvalue weighted by molar-refractivity contribution is -0.147. The van der Waals surface area contributed by atoms with E-state index in [1.54, 1.807) is 30.3 Å². The van der Waals surface area contributed by atoms with Gasteiger partial charge in [0.2, 0.25) is 0 Å². The lowest BCUT2D eigenvalue weighted by Crippen LogP contribution is -2.31. The summed E-state index contributed by atoms with van der Waals surface area (Å²) in [6.45, 7) is 0.00985. The highest BCUT2D eigenvalue weighted by Crippen LogP contribution is 2.25. The molecule has 1 N–H and O–H groups in total. The molecule has 0 spiro atoms. The lowest BCUT2D eigenvalue weighted by atomic mass is 9.98. The Morgan fingerprint density at radius 3 is 2.53 bits per heavy atom. The smallest absolute Gasteiger partial charge is 0.302 e. The van der Waals surface area contributed by atoms with Crippen molar-refractivity contribution in [2.24, 2.45) is 0 Å². The molecule has 0 amide bonds. The van der Waals surface area contributed by atoms with Gasteiger partial charge in [-0.2, -0.15) is 0 Å². The Balaban J connectivity index is 2.80. The van der Waals surface area contributed by atoms with Crippen molar-refractivity contribution in [3.8, 4) is 0 Å². The first-order valence-electron chi connectivity index (χ1n) is 4.57. The topological polar surface area (TPSA) is 46.5 Å². The van der Waals surface area contributed by atoms with Gasteiger partial charge >= 0.3 is 5.97 Å². The number of benzene rings is 1. The van der Waals surface area contributed by atoms with E-state index in [9.17, 15) is 9.18 Å². The SMILES string of the molecule is CC(=O)OC[C@@](F)(CO)c1ccccc1. The van der Waals surface area contributed by atoms with Crippen molar-refractivity contribution in [2.45, 2.75) is 12.6 Å². The van der Waals surface area contributed by atoms with Gasteiger partial charge in [-0.1, -0.05) is 30.3 Å². The molecule has 1 rings (SSSR count). The maximum Gasteiger partial charge on any atom is 0.302 e. The van der Waals surface area contributed by atoms with Crippen LogP contribution in [0.4, 0.5) is 4.39 Å². The molecule has 0 aliphatic heterocycles. The van der Waals surface area contributed by atoms with Crippen molar-refractivity contribution in [3.05, 3.63) is 35.9 Å². The standard InChI is InChI=1S/C11H13FO3/c1-9(14)15-8-11(12,7-13)10-5-3-2-4-6-10/h2-6,13H,7-8H2,1H3/t11-/m0/s1. The predicted octanol–water partition coefficient (Wildman–Crippen LogP) is 1.41. The Kier molecular flexibility index (Phi) is 3.80. The number of rotatable bonds is 4. The van der Waals surface area contributed by atoms with Crippen LogP contribution in [-0.4, -0.2) is 24.3 Å². The average Bonchev–Trinajstić information content (AvgIpc) is 2.27. The highest BCUT2D eigenvalue weighted by Gasteiger charge is 2.32. The first kappa shape index (κ1) is 11.7. The molecule has 0 radical (unpaired) electrons. The Bertz CT molecular complexity index is 326. The number of aliphatic hydroxyl groups is 1. The second-order valence-electron chi connectivity index (χ2n) is 3.27. The fourth-order valence-electron chi connectivity index (χ4n) is 1.17. The Morgan fingerprint density at radius 1 is 1.47 bits per heavy atom. The molecule has 0 aliphatic carbocycles. The van der Waals surface area contributed by atoms with E-state index >= 15 is 0 Å². The monoisotopic (exact) mass is 212 g/mol. The van der Waals surface area contributed by atoms with E-state index in [1.807, 2.05) is 0 Å². The summed E-state index contributed by atoms with van der Waals surface area (Å²) < 4.78 is 18.7. The molecule has 3 nitrogen and oxygen atoms in total. The van der Waals surface area contributed by atoms with Crippen molar-refractivity contribution >= 4 is 5.97 Å². The molecule has 0 saturated carbocycles. The number of hydrogen-bond acceptors (Lipinski definition) is 3. The lowest BCUT2D eigenvalue weighted by Gasteiger charge is -2.22. The van der Waals surface area contributed by atoms with E-state index in [4.69, 9.17) is 5.11 Å². The van der Waals surface area contributed by atoms with Crippen LogP contribution in [0, 0.1) is 0 Å². The molecular formula is C11H13FO3. The Labute approximate surface area is 87.5 Å². The molecule has 0 saturated heterocycles. The van der Waals surface area contributed by atoms with Crippen LogP contribution in [0.15, 0.2) is 30.3 Å². The van der Waals surface area contributed by atoms with E-state index in [1.165, 1.54) is 6.92 Å². The van der Waals surface area contributed by atoms with E-state index in [0.29, 0.717) is 5.56 Å². The maximum absolute atomic E-state index is 14.1. The minimum atomic E-state index is -2.02. The highest BCUT2D eigenvalue weighted by molar-refractivity contribution is 5.66. The molecule has 1 atom stereocenters. The number of hydrogen-bond donors (Lipinski definition) is 1. The van der Waals surface area contributed by atoms with E-state index in [-0.39, 0.29) is 0 Å². The normalized spacial score (nSPS) is 14.3. The van der Waals surface area contributed by atoms with Gasteiger partial charge in [0.15, 0.2) is 5.67 Å². The Morgan fingerprint density at radius 2 is 2.07 bits per heavy atom. The summed E-state index contributed by atoms with van der Waals surface area (Å²) in [5.41, 5.74) is -1.72. The van der Waals surface area contributed by atoms with Crippen LogP contribution >= 0.6 is 0 Å². The van der Waals surface area contributed by atoms with Gasteiger partial charge in [-0.05, 0) is 5.56 Å². The van der Waals surface area contributed by atoms with Crippen molar-refractivity contribution in [2.75, 3.05) is 13.2 Å². The first-order valence-corrected chi connectivity index (χ1v) is 4.57. The van der Waals surface area contributed by atoms with Gasteiger partial charge in [0.25, 0.3) is 0 Å². The van der Waals surface area contributed by atoms with E-state index in [2.05, 4.69) is 4.74 Å². The third-order valence-electron chi connectivity index (χ3n) is 2.05. The zero-order chi connectivity index (χ0) is 11.3. The van der Waals surface area contributed by atoms with E-state index < -0.39 is 24.9 Å². The van der Waals surface area contributed by atoms with Crippen LogP contribution < -0.4 is 0 Å². The van der Waals surface area contributed by atoms with Crippen LogP contribution in [0.25, 0.3) is 0 Å². The number of carbonyl (C=O) groups excluding carboxylic acids is 1. The number of alkyl halides is 1. The van der Waals surface area contributed by atoms with Crippen LogP contribution in [-0.2, 0) is 15.2 Å². The van der Waals surface area contributed by atoms with Crippen LogP contribution in [0.1, 0.15) is 12.5 Å². The van der Waals surface area contributed by atoms with Gasteiger partial charge in [0, 0.05) is 6.92 Å². The second kappa shape index (κ2) is 4.89. The fourth-order valence-corrected chi connectivity index (χ4v) is 1.17. The molecule has 0 heterocycles. The molecule has 1 aromatic rings. The quantitative estimate of drug-likeness (QED) is 0.767. The number of ether oxygens (including phenoxy) is 1. The molecule has 82 valence electrons. The van der Waals surface area contributed by atoms with Gasteiger partial charge in [-0.15, -0.1) is 0 Å². The minimum Gasteiger partial charge on any atom is -0.462 e. The number of halogens is 1. The maximum atomic E-state index is 14.1. The molecule has 0 bridgehead atoms. The van der Waals surface area contributed by atoms with Crippen LogP contribution in [0.3, 0.4) is 0 Å². The summed E-state index contributed by atoms with van der Waals surface area (Å²) in [5, 5.41) is 8.99. The fraction of sp³-hybridized carbons (Fsp3) is 0.364. The van der Waals surface area contributed by atoms with Gasteiger partial charge in [0.05, 0.1) is 6.61 Å². The average molecular weight is 212 g/mol. The van der Waals surface area contributed by atoms with Gasteiger partial charge in [0.1, 0.15) is 6.61 Å². The second-order valence-corrected chi connectivity index (χ2v) is 3.27. The molecule has 0 fully saturated rings. The van der Waals surface area contributed by atoms with Crippen molar-refractivity contribution in [3.63, 3.8) is 0 Å². The summed E-state index contributed by atoms with van der Waals surface area (Å²) in [6.07, 6.45) is 0. The zero-order valence-corrected chi connectivity index (χ0v) is 8.44. The number of esters is 1. The zero-order valence-electron chi connectivity index (χ0n) is 8.44. The molecule has 4 heteroatoms. The van der Waals surface area contributed by atoms with Crippen LogP contribution in [0.5, 0.6) is 0 Å². The molecule has 15 heavy (non-hydrogen) atoms. The van der Waals surface area contributed by atoms with Crippen molar-refractivity contribution < 1.29 is 19.0 Å². The number of aliphatic hydroxyl groups excluding tert-OH is 1. The molecule has 0 aliphatic rings. The van der Waals surface area contributed by atoms with Gasteiger partial charge in [-0.25, -0.2) is 4.39 Å². The molecule has 0 unspecified atom stereocenters. The Hall–Kier alpha value is -1.42. The summed E-state index contributed by atoms with van der Waals surface area (Å²) in [5.74, 6) is -0.568. The van der Waals surface area contributed by atoms with Crippen LogP contribution in [0.2, 0.25) is 0 Å². The summed E-state index contributed by atoms with van der Waals surface area (Å²) >= 11 is 0. The summed E-state index contributed by atoms with van der Waals surface area (Å²) in [4.78, 5) is 10.6. The number of carbonyl (C=O) groups is 1. The van der Waals surface area contributed by atoms with E-state index in [0.717, 1.165) is 0 Å². The third kappa shape index (κ3) is 3.02. The van der Waals surface area contributed by atoms with Gasteiger partial charge in [-0.3, -0.25) is 4.79 Å². The molecular weight excluding hydrogens is 199 g/mol. The predicted molar refractivity (Wildman–Crippen MR) is 52.9 cm³/mol. The van der Waals surface area contributed by atoms with Crippen molar-refractivity contribution in [1.29, 1.82) is 0 Å². The van der Waals surface area contributed by atoms with Crippen molar-refractivity contribution in [1.82, 2.24) is 0 Å². The van der Waals surface area contributed by atoms with Gasteiger partial charge < -0.3 is 9.84 Å². The molecule has 0 aromatic heterocycles. The highest BCUT2D eigenvalue weighted by atomic mass is 19.1. The third-order valence-corrected chi connectivity index (χ3v) is 2.05. The first-order chi connectivity index (χ1) is 7.08. The minimum absolute atomic E-state index is 0.300. The molecule has 1 aromatic carbocycles.